The van der Waals surface area contributed by atoms with Crippen molar-refractivity contribution in [3.63, 3.8) is 0 Å². The van der Waals surface area contributed by atoms with Crippen LogP contribution < -0.4 is 5.56 Å². The van der Waals surface area contributed by atoms with Gasteiger partial charge in [-0.15, -0.1) is 11.3 Å². The Balaban J connectivity index is 1.59. The van der Waals surface area contributed by atoms with Gasteiger partial charge in [0.15, 0.2) is 0 Å². The zero-order chi connectivity index (χ0) is 18.3. The molecule has 4 rings (SSSR count). The number of esters is 1. The molecule has 0 unspecified atom stereocenters. The van der Waals surface area contributed by atoms with Gasteiger partial charge in [0, 0.05) is 9.35 Å². The smallest absolute Gasteiger partial charge is 0.340 e. The van der Waals surface area contributed by atoms with Gasteiger partial charge in [-0.25, -0.2) is 9.78 Å². The first kappa shape index (κ1) is 17.7. The number of aromatic amines is 1. The van der Waals surface area contributed by atoms with Gasteiger partial charge in [0.2, 0.25) is 0 Å². The van der Waals surface area contributed by atoms with E-state index in [0.29, 0.717) is 21.1 Å². The Morgan fingerprint density at radius 2 is 2.15 bits per heavy atom. The second-order valence-electron chi connectivity index (χ2n) is 6.10. The quantitative estimate of drug-likeness (QED) is 0.587. The van der Waals surface area contributed by atoms with E-state index in [-0.39, 0.29) is 17.7 Å². The fraction of sp³-hybridized carbons (Fsp3) is 0.278. The van der Waals surface area contributed by atoms with Crippen LogP contribution in [0, 0.1) is 0 Å². The van der Waals surface area contributed by atoms with Gasteiger partial charge in [-0.1, -0.05) is 27.5 Å². The van der Waals surface area contributed by atoms with Crippen LogP contribution in [-0.2, 0) is 24.2 Å². The summed E-state index contributed by atoms with van der Waals surface area (Å²) in [6.45, 7) is -0.116. The number of carbonyl (C=O) groups is 1. The number of fused-ring (bicyclic) bond motifs is 3. The molecule has 0 radical (unpaired) electrons. The van der Waals surface area contributed by atoms with Gasteiger partial charge >= 0.3 is 5.97 Å². The molecule has 0 saturated heterocycles. The Bertz CT molecular complexity index is 1080. The maximum atomic E-state index is 12.5. The van der Waals surface area contributed by atoms with Gasteiger partial charge in [0.25, 0.3) is 5.56 Å². The summed E-state index contributed by atoms with van der Waals surface area (Å²) < 4.78 is 6.01. The summed E-state index contributed by atoms with van der Waals surface area (Å²) in [6.07, 6.45) is 4.18. The molecule has 1 aliphatic carbocycles. The third kappa shape index (κ3) is 3.31. The predicted octanol–water partition coefficient (Wildman–Crippen LogP) is 4.64. The van der Waals surface area contributed by atoms with Crippen LogP contribution in [-0.4, -0.2) is 15.9 Å². The van der Waals surface area contributed by atoms with Gasteiger partial charge in [0.05, 0.1) is 16.0 Å². The molecule has 0 spiro atoms. The average molecular weight is 454 g/mol. The van der Waals surface area contributed by atoms with Crippen molar-refractivity contribution < 1.29 is 9.53 Å². The molecule has 0 atom stereocenters. The van der Waals surface area contributed by atoms with Gasteiger partial charge in [-0.2, -0.15) is 0 Å². The van der Waals surface area contributed by atoms with Crippen molar-refractivity contribution in [2.45, 2.75) is 32.3 Å². The zero-order valence-corrected chi connectivity index (χ0v) is 16.8. The molecule has 8 heteroatoms. The Kier molecular flexibility index (Phi) is 4.86. The van der Waals surface area contributed by atoms with E-state index in [9.17, 15) is 9.59 Å². The van der Waals surface area contributed by atoms with Gasteiger partial charge < -0.3 is 9.72 Å². The minimum Gasteiger partial charge on any atom is -0.454 e. The molecule has 1 aliphatic rings. The third-order valence-electron chi connectivity index (χ3n) is 4.36. The number of hydrogen-bond acceptors (Lipinski definition) is 5. The summed E-state index contributed by atoms with van der Waals surface area (Å²) in [6, 6.07) is 4.95. The van der Waals surface area contributed by atoms with Gasteiger partial charge in [0.1, 0.15) is 17.3 Å². The Morgan fingerprint density at radius 1 is 1.35 bits per heavy atom. The number of H-pyrrole nitrogens is 1. The van der Waals surface area contributed by atoms with E-state index in [4.69, 9.17) is 16.3 Å². The topological polar surface area (TPSA) is 72.0 Å². The maximum Gasteiger partial charge on any atom is 0.340 e. The molecule has 0 aliphatic heterocycles. The molecule has 1 aromatic carbocycles. The summed E-state index contributed by atoms with van der Waals surface area (Å²) in [4.78, 5) is 33.9. The van der Waals surface area contributed by atoms with Crippen molar-refractivity contribution in [1.29, 1.82) is 0 Å². The van der Waals surface area contributed by atoms with E-state index in [1.54, 1.807) is 29.5 Å². The lowest BCUT2D eigenvalue weighted by molar-refractivity contribution is 0.0462. The van der Waals surface area contributed by atoms with Crippen LogP contribution in [0.3, 0.4) is 0 Å². The Labute approximate surface area is 166 Å². The number of benzene rings is 1. The number of nitrogens with zero attached hydrogens (tertiary/aromatic N) is 1. The van der Waals surface area contributed by atoms with E-state index in [0.717, 1.165) is 35.7 Å². The lowest BCUT2D eigenvalue weighted by atomic mass is 9.97. The van der Waals surface area contributed by atoms with Crippen LogP contribution in [0.1, 0.15) is 39.5 Å². The summed E-state index contributed by atoms with van der Waals surface area (Å²) in [5.74, 6) is -0.231. The average Bonchev–Trinajstić information content (AvgIpc) is 3.00. The monoisotopic (exact) mass is 452 g/mol. The molecule has 0 amide bonds. The largest absolute Gasteiger partial charge is 0.454 e. The lowest BCUT2D eigenvalue weighted by Gasteiger charge is -2.09. The normalized spacial score (nSPS) is 13.6. The summed E-state index contributed by atoms with van der Waals surface area (Å²) in [5.41, 5.74) is 1.23. The number of ether oxygens (including phenoxy) is 1. The number of hydrogen-bond donors (Lipinski definition) is 1. The number of rotatable bonds is 3. The lowest BCUT2D eigenvalue weighted by Crippen LogP contribution is -2.15. The SMILES string of the molecule is O=C(OCc1nc2sc3c(c2c(=O)[nH]1)CCCC3)c1cc(Br)ccc1Cl. The summed E-state index contributed by atoms with van der Waals surface area (Å²) in [7, 11) is 0. The fourth-order valence-electron chi connectivity index (χ4n) is 3.14. The van der Waals surface area contributed by atoms with Gasteiger partial charge in [-0.05, 0) is 49.4 Å². The molecule has 0 saturated carbocycles. The molecule has 2 aromatic heterocycles. The molecular weight excluding hydrogens is 440 g/mol. The van der Waals surface area contributed by atoms with Crippen molar-refractivity contribution in [3.05, 3.63) is 59.9 Å². The minimum atomic E-state index is -0.565. The van der Waals surface area contributed by atoms with E-state index in [1.165, 1.54) is 4.88 Å². The van der Waals surface area contributed by atoms with E-state index in [1.807, 2.05) is 0 Å². The van der Waals surface area contributed by atoms with Crippen molar-refractivity contribution >= 4 is 55.1 Å². The molecule has 5 nitrogen and oxygen atoms in total. The molecule has 0 bridgehead atoms. The van der Waals surface area contributed by atoms with Crippen LogP contribution in [0.25, 0.3) is 10.2 Å². The van der Waals surface area contributed by atoms with Crippen molar-refractivity contribution in [2.75, 3.05) is 0 Å². The molecule has 1 N–H and O–H groups in total. The number of halogens is 2. The van der Waals surface area contributed by atoms with Crippen LogP contribution in [0.5, 0.6) is 0 Å². The minimum absolute atomic E-state index is 0.116. The summed E-state index contributed by atoms with van der Waals surface area (Å²) >= 11 is 10.9. The highest BCUT2D eigenvalue weighted by Crippen LogP contribution is 2.33. The Hall–Kier alpha value is -1.70. The highest BCUT2D eigenvalue weighted by molar-refractivity contribution is 9.10. The van der Waals surface area contributed by atoms with Gasteiger partial charge in [-0.3, -0.25) is 4.79 Å². The molecular formula is C18H14BrClN2O3S. The second kappa shape index (κ2) is 7.13. The number of thiophene rings is 1. The Morgan fingerprint density at radius 3 is 3.00 bits per heavy atom. The van der Waals surface area contributed by atoms with Crippen LogP contribution in [0.2, 0.25) is 5.02 Å². The predicted molar refractivity (Wildman–Crippen MR) is 105 cm³/mol. The van der Waals surface area contributed by atoms with E-state index >= 15 is 0 Å². The third-order valence-corrected chi connectivity index (χ3v) is 6.37. The first-order valence-electron chi connectivity index (χ1n) is 8.18. The van der Waals surface area contributed by atoms with E-state index in [2.05, 4.69) is 25.9 Å². The van der Waals surface area contributed by atoms with Crippen molar-refractivity contribution in [2.24, 2.45) is 0 Å². The molecule has 3 aromatic rings. The highest BCUT2D eigenvalue weighted by atomic mass is 79.9. The number of aryl methyl sites for hydroxylation is 2. The van der Waals surface area contributed by atoms with Crippen LogP contribution in [0.15, 0.2) is 27.5 Å². The number of aromatic nitrogens is 2. The second-order valence-corrected chi connectivity index (χ2v) is 8.51. The molecule has 0 fully saturated rings. The standard InChI is InChI=1S/C18H14BrClN2O3S/c19-9-5-6-12(20)11(7-9)18(24)25-8-14-21-16(23)15-10-3-1-2-4-13(10)26-17(15)22-14/h5-7H,1-4,8H2,(H,21,22,23). The maximum absolute atomic E-state index is 12.5. The first-order chi connectivity index (χ1) is 12.5. The van der Waals surface area contributed by atoms with Crippen LogP contribution in [0.4, 0.5) is 0 Å². The van der Waals surface area contributed by atoms with Crippen LogP contribution >= 0.6 is 38.9 Å². The van der Waals surface area contributed by atoms with Crippen molar-refractivity contribution in [1.82, 2.24) is 9.97 Å². The molecule has 26 heavy (non-hydrogen) atoms. The molecule has 2 heterocycles. The summed E-state index contributed by atoms with van der Waals surface area (Å²) in [5, 5.41) is 0.996. The zero-order valence-electron chi connectivity index (χ0n) is 13.6. The van der Waals surface area contributed by atoms with Crippen molar-refractivity contribution in [3.8, 4) is 0 Å². The highest BCUT2D eigenvalue weighted by Gasteiger charge is 2.20. The number of carbonyl (C=O) groups excluding carboxylic acids is 1. The molecule has 134 valence electrons. The first-order valence-corrected chi connectivity index (χ1v) is 10.2. The fourth-order valence-corrected chi connectivity index (χ4v) is 4.98. The number of nitrogens with one attached hydrogen (secondary N) is 1. The van der Waals surface area contributed by atoms with E-state index < -0.39 is 5.97 Å².